The van der Waals surface area contributed by atoms with Gasteiger partial charge in [-0.15, -0.1) is 0 Å². The highest BCUT2D eigenvalue weighted by Crippen LogP contribution is 2.40. The van der Waals surface area contributed by atoms with Crippen molar-refractivity contribution in [3.8, 4) is 5.82 Å². The monoisotopic (exact) mass is 1090 g/mol. The Bertz CT molecular complexity index is 3160. The van der Waals surface area contributed by atoms with Gasteiger partial charge in [-0.3, -0.25) is 29.4 Å². The molecular formula is C54H67Cl3FN13O4. The molecule has 17 nitrogen and oxygen atoms in total. The van der Waals surface area contributed by atoms with Crippen LogP contribution >= 0.6 is 34.8 Å². The standard InChI is InChI=1S/C20H29ClN4O.C17H17ClFN5O.C17H21ClN4O2/c1-13(20(5,6)12-26-19(2,3)4)23-18-24-16-10-14(21)11-22-17(16)25(18)15-8-7-9-15;1-17(2,3)8-14(25)23-16-21-11-5-6-12(18)22-15(11)24(16)13-7-4-10(19)9-20-13;18-11-9-14-16(19-10-11)22(12-3-1-4-12)17(20-14)21-15(23)7-6-13-5-2-8-24-13/h10-11,15H,1,7-9,12H2,2-6H3,(H,23,24);4-7,9H,8H2,1-3H3,(H,21,23,25);9-10,12-13H,1-8H2,(H,20,21,23). The van der Waals surface area contributed by atoms with E-state index < -0.39 is 5.82 Å². The summed E-state index contributed by atoms with van der Waals surface area (Å²) >= 11 is 18.1. The zero-order valence-corrected chi connectivity index (χ0v) is 46.2. The molecule has 0 bridgehead atoms. The minimum atomic E-state index is -0.461. The summed E-state index contributed by atoms with van der Waals surface area (Å²) in [5.74, 6) is 1.35. The first kappa shape index (κ1) is 55.4. The molecule has 1 saturated heterocycles. The fraction of sp³-hybridized carbons (Fsp3) is 0.500. The van der Waals surface area contributed by atoms with E-state index in [4.69, 9.17) is 49.3 Å². The number of carbonyl (C=O) groups excluding carboxylic acids is 2. The Hall–Kier alpha value is -5.79. The zero-order valence-electron chi connectivity index (χ0n) is 43.9. The number of hydrogen-bond acceptors (Lipinski definition) is 12. The molecule has 3 aliphatic rings. The van der Waals surface area contributed by atoms with E-state index in [2.05, 4.69) is 96.2 Å². The minimum Gasteiger partial charge on any atom is -0.378 e. The highest BCUT2D eigenvalue weighted by Gasteiger charge is 2.31. The summed E-state index contributed by atoms with van der Waals surface area (Å²) in [5.41, 5.74) is 4.46. The SMILES string of the molecule is C=C(Nc1nc2cc(Cl)cnc2n1C1CCC1)C(C)(C)COC(C)(C)C.CC(C)(C)CC(=O)Nc1nc2ccc(Cl)nc2n1-c1ccc(F)cn1.O=C(CCC1CCCO1)Nc1nc2cc(Cl)cnc2n1C1CCC1. The van der Waals surface area contributed by atoms with Crippen LogP contribution in [0.25, 0.3) is 39.3 Å². The van der Waals surface area contributed by atoms with Crippen LogP contribution in [0, 0.1) is 16.6 Å². The maximum Gasteiger partial charge on any atom is 0.227 e. The van der Waals surface area contributed by atoms with Gasteiger partial charge in [0.2, 0.25) is 29.7 Å². The lowest BCUT2D eigenvalue weighted by Gasteiger charge is -2.33. The number of nitrogens with one attached hydrogen (secondary N) is 3. The number of nitrogens with zero attached hydrogens (tertiary/aromatic N) is 10. The molecule has 3 fully saturated rings. The number of aromatic nitrogens is 10. The number of halogens is 4. The summed E-state index contributed by atoms with van der Waals surface area (Å²) in [6.45, 7) is 22.0. The first-order valence-electron chi connectivity index (χ1n) is 25.6. The summed E-state index contributed by atoms with van der Waals surface area (Å²) in [6, 6.07) is 10.5. The van der Waals surface area contributed by atoms with Gasteiger partial charge in [-0.05, 0) is 120 Å². The lowest BCUT2D eigenvalue weighted by molar-refractivity contribution is -0.118. The van der Waals surface area contributed by atoms with E-state index in [1.807, 2.05) is 26.8 Å². The van der Waals surface area contributed by atoms with Gasteiger partial charge in [0.25, 0.3) is 0 Å². The van der Waals surface area contributed by atoms with Crippen LogP contribution in [0.5, 0.6) is 0 Å². The number of fused-ring (bicyclic) bond motifs is 3. The van der Waals surface area contributed by atoms with Crippen LogP contribution < -0.4 is 16.0 Å². The predicted molar refractivity (Wildman–Crippen MR) is 294 cm³/mol. The summed E-state index contributed by atoms with van der Waals surface area (Å²) in [7, 11) is 0. The Balaban J connectivity index is 0.000000149. The molecule has 400 valence electrons. The van der Waals surface area contributed by atoms with Crippen molar-refractivity contribution < 1.29 is 23.5 Å². The molecule has 21 heteroatoms. The molecule has 3 N–H and O–H groups in total. The van der Waals surface area contributed by atoms with Crippen molar-refractivity contribution in [2.75, 3.05) is 29.2 Å². The van der Waals surface area contributed by atoms with Crippen LogP contribution in [0.15, 0.2) is 67.3 Å². The molecule has 7 aromatic heterocycles. The third-order valence-electron chi connectivity index (χ3n) is 13.1. The predicted octanol–water partition coefficient (Wildman–Crippen LogP) is 13.3. The van der Waals surface area contributed by atoms with Gasteiger partial charge in [-0.1, -0.05) is 76.0 Å². The topological polar surface area (TPSA) is 194 Å². The third kappa shape index (κ3) is 14.2. The van der Waals surface area contributed by atoms with Crippen LogP contribution in [-0.2, 0) is 19.1 Å². The smallest absolute Gasteiger partial charge is 0.227 e. The molecule has 1 atom stereocenters. The number of amides is 2. The summed E-state index contributed by atoms with van der Waals surface area (Å²) in [4.78, 5) is 55.6. The van der Waals surface area contributed by atoms with Gasteiger partial charge in [0.1, 0.15) is 33.3 Å². The summed E-state index contributed by atoms with van der Waals surface area (Å²) < 4.78 is 30.6. The fourth-order valence-corrected chi connectivity index (χ4v) is 9.05. The largest absolute Gasteiger partial charge is 0.378 e. The molecule has 1 unspecified atom stereocenters. The summed E-state index contributed by atoms with van der Waals surface area (Å²) in [6.07, 6.45) is 15.2. The Labute approximate surface area is 451 Å². The Morgan fingerprint density at radius 1 is 0.707 bits per heavy atom. The van der Waals surface area contributed by atoms with Crippen molar-refractivity contribution in [1.82, 2.24) is 48.6 Å². The molecule has 0 spiro atoms. The number of pyridine rings is 4. The van der Waals surface area contributed by atoms with Crippen LogP contribution in [0.3, 0.4) is 0 Å². The van der Waals surface area contributed by atoms with Crippen molar-refractivity contribution in [1.29, 1.82) is 0 Å². The van der Waals surface area contributed by atoms with E-state index in [1.165, 1.54) is 25.0 Å². The molecule has 7 aromatic rings. The zero-order chi connectivity index (χ0) is 53.8. The average molecular weight is 1090 g/mol. The van der Waals surface area contributed by atoms with Gasteiger partial charge < -0.3 is 14.8 Å². The van der Waals surface area contributed by atoms with Gasteiger partial charge in [0, 0.05) is 55.0 Å². The normalized spacial score (nSPS) is 16.2. The van der Waals surface area contributed by atoms with E-state index in [0.717, 1.165) is 91.7 Å². The van der Waals surface area contributed by atoms with Crippen LogP contribution in [0.2, 0.25) is 15.2 Å². The molecule has 2 aliphatic carbocycles. The Kier molecular flexibility index (Phi) is 17.2. The van der Waals surface area contributed by atoms with Crippen molar-refractivity contribution in [2.45, 2.75) is 150 Å². The molecular weight excluding hydrogens is 1020 g/mol. The number of anilines is 3. The lowest BCUT2D eigenvalue weighted by atomic mass is 9.90. The summed E-state index contributed by atoms with van der Waals surface area (Å²) in [5, 5.41) is 10.6. The molecule has 0 radical (unpaired) electrons. The maximum absolute atomic E-state index is 13.2. The van der Waals surface area contributed by atoms with Crippen molar-refractivity contribution >= 4 is 98.0 Å². The van der Waals surface area contributed by atoms with Crippen molar-refractivity contribution in [3.63, 3.8) is 0 Å². The molecule has 1 aliphatic heterocycles. The number of rotatable bonds is 14. The van der Waals surface area contributed by atoms with Crippen LogP contribution in [0.1, 0.15) is 138 Å². The second-order valence-corrected chi connectivity index (χ2v) is 23.5. The molecule has 2 saturated carbocycles. The highest BCUT2D eigenvalue weighted by atomic mass is 35.5. The molecule has 10 rings (SSSR count). The lowest BCUT2D eigenvalue weighted by Crippen LogP contribution is -2.32. The quantitative estimate of drug-likeness (QED) is 0.0874. The fourth-order valence-electron chi connectivity index (χ4n) is 8.60. The number of carbonyl (C=O) groups is 2. The molecule has 8 heterocycles. The Morgan fingerprint density at radius 3 is 1.81 bits per heavy atom. The minimum absolute atomic E-state index is 0.0209. The van der Waals surface area contributed by atoms with Gasteiger partial charge in [0.05, 0.1) is 34.6 Å². The second kappa shape index (κ2) is 23.2. The highest BCUT2D eigenvalue weighted by molar-refractivity contribution is 6.31. The first-order valence-corrected chi connectivity index (χ1v) is 26.7. The second-order valence-electron chi connectivity index (χ2n) is 22.3. The first-order chi connectivity index (χ1) is 35.5. The van der Waals surface area contributed by atoms with E-state index in [-0.39, 0.29) is 45.5 Å². The van der Waals surface area contributed by atoms with Gasteiger partial charge in [-0.25, -0.2) is 43.8 Å². The van der Waals surface area contributed by atoms with E-state index in [9.17, 15) is 14.0 Å². The van der Waals surface area contributed by atoms with Crippen LogP contribution in [0.4, 0.5) is 22.2 Å². The number of hydrogen-bond donors (Lipinski definition) is 3. The molecule has 75 heavy (non-hydrogen) atoms. The molecule has 0 aromatic carbocycles. The Morgan fingerprint density at radius 2 is 1.29 bits per heavy atom. The van der Waals surface area contributed by atoms with Crippen molar-refractivity contribution in [3.05, 3.63) is 88.3 Å². The van der Waals surface area contributed by atoms with Gasteiger partial charge in [-0.2, -0.15) is 0 Å². The van der Waals surface area contributed by atoms with Gasteiger partial charge >= 0.3 is 0 Å². The maximum atomic E-state index is 13.2. The van der Waals surface area contributed by atoms with E-state index in [1.54, 1.807) is 35.2 Å². The molecule has 2 amide bonds. The third-order valence-corrected chi connectivity index (χ3v) is 13.8. The number of imidazole rings is 3. The van der Waals surface area contributed by atoms with E-state index in [0.29, 0.717) is 64.5 Å². The van der Waals surface area contributed by atoms with E-state index >= 15 is 0 Å². The van der Waals surface area contributed by atoms with Crippen LogP contribution in [-0.4, -0.2) is 85.3 Å². The van der Waals surface area contributed by atoms with Gasteiger partial charge in [0.15, 0.2) is 16.9 Å². The van der Waals surface area contributed by atoms with Crippen molar-refractivity contribution in [2.24, 2.45) is 10.8 Å². The average Bonchev–Trinajstić information content (AvgIpc) is 4.09. The number of ether oxygens (including phenoxy) is 2.